The first kappa shape index (κ1) is 16.8. The van der Waals surface area contributed by atoms with Crippen molar-refractivity contribution in [3.8, 4) is 11.4 Å². The molecule has 118 valence electrons. The molecule has 0 saturated heterocycles. The summed E-state index contributed by atoms with van der Waals surface area (Å²) in [6, 6.07) is 7.63. The van der Waals surface area contributed by atoms with Crippen LogP contribution in [0.5, 0.6) is 0 Å². The summed E-state index contributed by atoms with van der Waals surface area (Å²) in [5.41, 5.74) is 0.595. The molecule has 0 unspecified atom stereocenters. The van der Waals surface area contributed by atoms with E-state index in [0.29, 0.717) is 11.0 Å². The Hall–Kier alpha value is -1.54. The smallest absolute Gasteiger partial charge is 0.230 e. The van der Waals surface area contributed by atoms with Crippen molar-refractivity contribution in [3.05, 3.63) is 28.7 Å². The van der Waals surface area contributed by atoms with Crippen LogP contribution in [-0.2, 0) is 4.79 Å². The summed E-state index contributed by atoms with van der Waals surface area (Å²) in [4.78, 5) is 11.8. The second kappa shape index (κ2) is 6.70. The molecule has 6 nitrogen and oxygen atoms in total. The second-order valence-corrected chi connectivity index (χ2v) is 7.54. The first-order valence-corrected chi connectivity index (χ1v) is 8.45. The van der Waals surface area contributed by atoms with Gasteiger partial charge in [-0.2, -0.15) is 0 Å². The molecule has 0 aliphatic carbocycles. The Balaban J connectivity index is 2.09. The number of nitrogens with zero attached hydrogens (tertiary/aromatic N) is 3. The standard InChI is InChI=1S/C14H18BrN5OS/c1-14(2,3)17-11(21)8-22-13-19-18-12(20(13)16)9-6-4-5-7-10(9)15/h4-7H,8,16H2,1-3H3,(H,17,21). The minimum absolute atomic E-state index is 0.0667. The highest BCUT2D eigenvalue weighted by Crippen LogP contribution is 2.27. The van der Waals surface area contributed by atoms with Crippen LogP contribution in [0.2, 0.25) is 0 Å². The normalized spacial score (nSPS) is 11.5. The van der Waals surface area contributed by atoms with Crippen LogP contribution < -0.4 is 11.2 Å². The highest BCUT2D eigenvalue weighted by atomic mass is 79.9. The lowest BCUT2D eigenvalue weighted by molar-refractivity contribution is -0.119. The number of hydrogen-bond donors (Lipinski definition) is 2. The molecule has 0 fully saturated rings. The summed E-state index contributed by atoms with van der Waals surface area (Å²) in [5.74, 6) is 6.76. The molecule has 0 bridgehead atoms. The molecule has 0 radical (unpaired) electrons. The third-order valence-electron chi connectivity index (χ3n) is 2.63. The Morgan fingerprint density at radius 1 is 1.36 bits per heavy atom. The van der Waals surface area contributed by atoms with E-state index < -0.39 is 0 Å². The van der Waals surface area contributed by atoms with Crippen molar-refractivity contribution in [2.45, 2.75) is 31.5 Å². The number of hydrogen-bond acceptors (Lipinski definition) is 5. The van der Waals surface area contributed by atoms with Crippen LogP contribution in [0, 0.1) is 0 Å². The van der Waals surface area contributed by atoms with E-state index in [2.05, 4.69) is 31.4 Å². The zero-order chi connectivity index (χ0) is 16.3. The van der Waals surface area contributed by atoms with Gasteiger partial charge in [0.05, 0.1) is 5.75 Å². The molecule has 22 heavy (non-hydrogen) atoms. The fourth-order valence-electron chi connectivity index (χ4n) is 1.79. The van der Waals surface area contributed by atoms with Gasteiger partial charge in [0.15, 0.2) is 5.82 Å². The second-order valence-electron chi connectivity index (χ2n) is 5.74. The van der Waals surface area contributed by atoms with Gasteiger partial charge in [-0.1, -0.05) is 39.8 Å². The molecule has 8 heteroatoms. The molecular weight excluding hydrogens is 366 g/mol. The van der Waals surface area contributed by atoms with Crippen molar-refractivity contribution >= 4 is 33.6 Å². The topological polar surface area (TPSA) is 85.8 Å². The molecule has 3 N–H and O–H groups in total. The molecule has 2 aromatic rings. The maximum Gasteiger partial charge on any atom is 0.230 e. The molecular formula is C14H18BrN5OS. The number of thioether (sulfide) groups is 1. The van der Waals surface area contributed by atoms with Gasteiger partial charge in [0.25, 0.3) is 0 Å². The van der Waals surface area contributed by atoms with E-state index >= 15 is 0 Å². The van der Waals surface area contributed by atoms with Crippen molar-refractivity contribution in [1.82, 2.24) is 20.2 Å². The number of carbonyl (C=O) groups excluding carboxylic acids is 1. The van der Waals surface area contributed by atoms with E-state index in [1.165, 1.54) is 16.4 Å². The lowest BCUT2D eigenvalue weighted by Crippen LogP contribution is -2.41. The maximum absolute atomic E-state index is 11.8. The van der Waals surface area contributed by atoms with Gasteiger partial charge in [-0.3, -0.25) is 4.79 Å². The zero-order valence-electron chi connectivity index (χ0n) is 12.6. The number of aromatic nitrogens is 3. The molecule has 1 heterocycles. The molecule has 0 saturated carbocycles. The van der Waals surface area contributed by atoms with Crippen LogP contribution in [0.25, 0.3) is 11.4 Å². The van der Waals surface area contributed by atoms with Crippen molar-refractivity contribution in [1.29, 1.82) is 0 Å². The quantitative estimate of drug-likeness (QED) is 0.625. The SMILES string of the molecule is CC(C)(C)NC(=O)CSc1nnc(-c2ccccc2Br)n1N. The molecule has 1 aromatic heterocycles. The lowest BCUT2D eigenvalue weighted by Gasteiger charge is -2.20. The first-order chi connectivity index (χ1) is 10.3. The van der Waals surface area contributed by atoms with E-state index in [1.807, 2.05) is 45.0 Å². The van der Waals surface area contributed by atoms with Gasteiger partial charge in [-0.05, 0) is 32.9 Å². The average Bonchev–Trinajstić information content (AvgIpc) is 2.76. The van der Waals surface area contributed by atoms with Crippen molar-refractivity contribution in [2.75, 3.05) is 11.6 Å². The third-order valence-corrected chi connectivity index (χ3v) is 4.26. The van der Waals surface area contributed by atoms with Gasteiger partial charge < -0.3 is 11.2 Å². The number of halogens is 1. The summed E-state index contributed by atoms with van der Waals surface area (Å²) < 4.78 is 2.28. The Kier molecular flexibility index (Phi) is 5.12. The first-order valence-electron chi connectivity index (χ1n) is 6.67. The van der Waals surface area contributed by atoms with E-state index in [0.717, 1.165) is 10.0 Å². The maximum atomic E-state index is 11.8. The van der Waals surface area contributed by atoms with Crippen molar-refractivity contribution < 1.29 is 4.79 Å². The minimum Gasteiger partial charge on any atom is -0.351 e. The number of carbonyl (C=O) groups is 1. The monoisotopic (exact) mass is 383 g/mol. The zero-order valence-corrected chi connectivity index (χ0v) is 15.0. The van der Waals surface area contributed by atoms with E-state index in [4.69, 9.17) is 5.84 Å². The average molecular weight is 384 g/mol. The number of nitrogen functional groups attached to an aromatic ring is 1. The molecule has 0 atom stereocenters. The number of rotatable bonds is 4. The number of amides is 1. The van der Waals surface area contributed by atoms with Gasteiger partial charge in [-0.25, -0.2) is 4.68 Å². The fourth-order valence-corrected chi connectivity index (χ4v) is 2.90. The van der Waals surface area contributed by atoms with Crippen LogP contribution in [0.4, 0.5) is 0 Å². The van der Waals surface area contributed by atoms with Crippen LogP contribution in [-0.4, -0.2) is 32.1 Å². The molecule has 1 aromatic carbocycles. The Labute approximate surface area is 142 Å². The van der Waals surface area contributed by atoms with Gasteiger partial charge >= 0.3 is 0 Å². The van der Waals surface area contributed by atoms with Gasteiger partial charge in [-0.15, -0.1) is 10.2 Å². The van der Waals surface area contributed by atoms with Crippen LogP contribution in [0.3, 0.4) is 0 Å². The molecule has 0 spiro atoms. The summed E-state index contributed by atoms with van der Waals surface area (Å²) in [7, 11) is 0. The Bertz CT molecular complexity index is 680. The summed E-state index contributed by atoms with van der Waals surface area (Å²) in [6.07, 6.45) is 0. The molecule has 0 aliphatic rings. The number of nitrogens with two attached hydrogens (primary N) is 1. The lowest BCUT2D eigenvalue weighted by atomic mass is 10.1. The minimum atomic E-state index is -0.256. The molecule has 2 rings (SSSR count). The van der Waals surface area contributed by atoms with Crippen LogP contribution >= 0.6 is 27.7 Å². The van der Waals surface area contributed by atoms with E-state index in [1.54, 1.807) is 0 Å². The van der Waals surface area contributed by atoms with Gasteiger partial charge in [0.2, 0.25) is 11.1 Å². The van der Waals surface area contributed by atoms with Crippen LogP contribution in [0.1, 0.15) is 20.8 Å². The molecule has 1 amide bonds. The number of nitrogens with one attached hydrogen (secondary N) is 1. The Morgan fingerprint density at radius 3 is 2.68 bits per heavy atom. The number of benzene rings is 1. The highest BCUT2D eigenvalue weighted by Gasteiger charge is 2.17. The van der Waals surface area contributed by atoms with E-state index in [9.17, 15) is 4.79 Å². The fraction of sp³-hybridized carbons (Fsp3) is 0.357. The summed E-state index contributed by atoms with van der Waals surface area (Å²) in [5, 5.41) is 11.5. The Morgan fingerprint density at radius 2 is 2.05 bits per heavy atom. The largest absolute Gasteiger partial charge is 0.351 e. The van der Waals surface area contributed by atoms with Gasteiger partial charge in [0, 0.05) is 15.6 Å². The third kappa shape index (κ3) is 4.23. The van der Waals surface area contributed by atoms with Crippen molar-refractivity contribution in [2.24, 2.45) is 0 Å². The van der Waals surface area contributed by atoms with Crippen LogP contribution in [0.15, 0.2) is 33.9 Å². The highest BCUT2D eigenvalue weighted by molar-refractivity contribution is 9.10. The summed E-state index contributed by atoms with van der Waals surface area (Å²) in [6.45, 7) is 5.81. The molecule has 0 aliphatic heterocycles. The van der Waals surface area contributed by atoms with Crippen molar-refractivity contribution in [3.63, 3.8) is 0 Å². The summed E-state index contributed by atoms with van der Waals surface area (Å²) >= 11 is 4.72. The predicted molar refractivity (Wildman–Crippen MR) is 91.9 cm³/mol. The van der Waals surface area contributed by atoms with Gasteiger partial charge in [0.1, 0.15) is 0 Å². The predicted octanol–water partition coefficient (Wildman–Crippen LogP) is 2.43. The van der Waals surface area contributed by atoms with E-state index in [-0.39, 0.29) is 17.2 Å².